The number of H-pyrrole nitrogens is 1. The predicted molar refractivity (Wildman–Crippen MR) is 44.0 cm³/mol. The smallest absolute Gasteiger partial charge is 0.119 e. The Morgan fingerprint density at radius 1 is 1.60 bits per heavy atom. The van der Waals surface area contributed by atoms with Gasteiger partial charge >= 0.3 is 0 Å². The van der Waals surface area contributed by atoms with Crippen molar-refractivity contribution in [3.63, 3.8) is 0 Å². The third kappa shape index (κ3) is 1.66. The van der Waals surface area contributed by atoms with Crippen molar-refractivity contribution >= 4 is 28.1 Å². The highest BCUT2D eigenvalue weighted by atomic mass is 79.9. The Morgan fingerprint density at radius 2 is 2.30 bits per heavy atom. The molecule has 0 spiro atoms. The topological polar surface area (TPSA) is 39.6 Å². The Bertz CT molecular complexity index is 336. The lowest BCUT2D eigenvalue weighted by Crippen LogP contribution is -1.81. The number of nitrogens with one attached hydrogen (secondary N) is 1. The number of aromatic amines is 1. The fourth-order valence-corrected chi connectivity index (χ4v) is 1.42. The number of aromatic nitrogens is 1. The van der Waals surface area contributed by atoms with E-state index in [1.165, 1.54) is 0 Å². The maximum absolute atomic E-state index is 8.44. The van der Waals surface area contributed by atoms with Gasteiger partial charge in [0.05, 0.1) is 0 Å². The molecule has 0 radical (unpaired) electrons. The Labute approximate surface area is 71.6 Å². The maximum Gasteiger partial charge on any atom is 0.119 e. The van der Waals surface area contributed by atoms with Gasteiger partial charge in [0.15, 0.2) is 0 Å². The lowest BCUT2D eigenvalue weighted by atomic mass is 10.4. The third-order valence-corrected chi connectivity index (χ3v) is 1.61. The van der Waals surface area contributed by atoms with Gasteiger partial charge in [0.25, 0.3) is 0 Å². The molecule has 10 heavy (non-hydrogen) atoms. The zero-order chi connectivity index (χ0) is 7.56. The summed E-state index contributed by atoms with van der Waals surface area (Å²) >= 11 is 8.03. The van der Waals surface area contributed by atoms with Crippen molar-refractivity contribution in [2.45, 2.75) is 0 Å². The summed E-state index contributed by atoms with van der Waals surface area (Å²) in [7, 11) is 0. The van der Waals surface area contributed by atoms with Crippen molar-refractivity contribution in [3.8, 4) is 6.07 Å². The van der Waals surface area contributed by atoms with Gasteiger partial charge in [-0.05, 0) is 12.1 Å². The van der Waals surface area contributed by atoms with E-state index in [2.05, 4.69) is 20.9 Å². The van der Waals surface area contributed by atoms with Crippen LogP contribution < -0.4 is 0 Å². The second-order valence-electron chi connectivity index (χ2n) is 1.69. The molecule has 1 aromatic rings. The van der Waals surface area contributed by atoms with Crippen LogP contribution in [0.15, 0.2) is 16.6 Å². The summed E-state index contributed by atoms with van der Waals surface area (Å²) in [5.74, 6) is 0. The molecule has 0 aliphatic heterocycles. The summed E-state index contributed by atoms with van der Waals surface area (Å²) < 4.78 is 1.39. The van der Waals surface area contributed by atoms with E-state index in [4.69, 9.17) is 17.5 Å². The van der Waals surface area contributed by atoms with E-state index in [0.717, 1.165) is 4.47 Å². The third-order valence-electron chi connectivity index (χ3n) is 0.930. The van der Waals surface area contributed by atoms with Crippen LogP contribution in [-0.4, -0.2) is 4.98 Å². The Balaban J connectivity index is 3.36. The Kier molecular flexibility index (Phi) is 2.20. The highest BCUT2D eigenvalue weighted by Crippen LogP contribution is 2.09. The van der Waals surface area contributed by atoms with Gasteiger partial charge in [-0.2, -0.15) is 5.26 Å². The molecule has 0 unspecified atom stereocenters. The van der Waals surface area contributed by atoms with E-state index < -0.39 is 0 Å². The van der Waals surface area contributed by atoms with Gasteiger partial charge in [0.2, 0.25) is 0 Å². The van der Waals surface area contributed by atoms with Crippen LogP contribution in [0.4, 0.5) is 0 Å². The molecular formula is C6H3BrN2S. The van der Waals surface area contributed by atoms with Crippen LogP contribution in [0.1, 0.15) is 5.69 Å². The first-order valence-corrected chi connectivity index (χ1v) is 3.72. The SMILES string of the molecule is N#Cc1cc(Br)cc(=S)[nH]1. The van der Waals surface area contributed by atoms with Gasteiger partial charge < -0.3 is 4.98 Å². The average molecular weight is 215 g/mol. The Morgan fingerprint density at radius 3 is 2.80 bits per heavy atom. The van der Waals surface area contributed by atoms with E-state index in [1.807, 2.05) is 6.07 Å². The van der Waals surface area contributed by atoms with Gasteiger partial charge in [0.1, 0.15) is 16.4 Å². The van der Waals surface area contributed by atoms with Crippen LogP contribution in [0.3, 0.4) is 0 Å². The van der Waals surface area contributed by atoms with Crippen LogP contribution in [0.25, 0.3) is 0 Å². The highest BCUT2D eigenvalue weighted by molar-refractivity contribution is 9.10. The quantitative estimate of drug-likeness (QED) is 0.675. The molecule has 50 valence electrons. The first-order chi connectivity index (χ1) is 4.72. The lowest BCUT2D eigenvalue weighted by Gasteiger charge is -1.90. The first kappa shape index (κ1) is 7.45. The van der Waals surface area contributed by atoms with Crippen LogP contribution >= 0.6 is 28.1 Å². The van der Waals surface area contributed by atoms with Gasteiger partial charge in [0, 0.05) is 4.47 Å². The number of nitrogens with zero attached hydrogens (tertiary/aromatic N) is 1. The molecule has 0 aromatic carbocycles. The zero-order valence-electron chi connectivity index (χ0n) is 4.89. The molecular weight excluding hydrogens is 212 g/mol. The second kappa shape index (κ2) is 2.95. The largest absolute Gasteiger partial charge is 0.338 e. The summed E-state index contributed by atoms with van der Waals surface area (Å²) in [4.78, 5) is 2.72. The molecule has 1 aromatic heterocycles. The Hall–Kier alpha value is -0.660. The second-order valence-corrected chi connectivity index (χ2v) is 3.04. The number of hydrogen-bond acceptors (Lipinski definition) is 2. The van der Waals surface area contributed by atoms with Gasteiger partial charge in [-0.1, -0.05) is 28.1 Å². The van der Waals surface area contributed by atoms with Crippen molar-refractivity contribution in [3.05, 3.63) is 26.9 Å². The molecule has 1 rings (SSSR count). The minimum Gasteiger partial charge on any atom is -0.338 e. The van der Waals surface area contributed by atoms with Crippen LogP contribution in [0, 0.1) is 16.0 Å². The number of rotatable bonds is 0. The summed E-state index contributed by atoms with van der Waals surface area (Å²) in [6, 6.07) is 5.37. The summed E-state index contributed by atoms with van der Waals surface area (Å²) in [6.45, 7) is 0. The van der Waals surface area contributed by atoms with E-state index in [9.17, 15) is 0 Å². The van der Waals surface area contributed by atoms with Crippen molar-refractivity contribution in [1.82, 2.24) is 4.98 Å². The molecule has 0 saturated carbocycles. The number of hydrogen-bond donors (Lipinski definition) is 1. The molecule has 0 bridgehead atoms. The normalized spacial score (nSPS) is 8.80. The first-order valence-electron chi connectivity index (χ1n) is 2.52. The number of pyridine rings is 1. The van der Waals surface area contributed by atoms with Crippen molar-refractivity contribution in [1.29, 1.82) is 5.26 Å². The van der Waals surface area contributed by atoms with E-state index >= 15 is 0 Å². The van der Waals surface area contributed by atoms with Crippen molar-refractivity contribution in [2.24, 2.45) is 0 Å². The van der Waals surface area contributed by atoms with Crippen LogP contribution in [0.5, 0.6) is 0 Å². The monoisotopic (exact) mass is 214 g/mol. The average Bonchev–Trinajstić information content (AvgIpc) is 1.85. The van der Waals surface area contributed by atoms with E-state index in [0.29, 0.717) is 10.3 Å². The fraction of sp³-hybridized carbons (Fsp3) is 0. The maximum atomic E-state index is 8.44. The molecule has 0 amide bonds. The molecule has 1 heterocycles. The number of nitriles is 1. The molecule has 0 atom stereocenters. The highest BCUT2D eigenvalue weighted by Gasteiger charge is 1.90. The minimum atomic E-state index is 0.472. The lowest BCUT2D eigenvalue weighted by molar-refractivity contribution is 1.23. The molecule has 0 fully saturated rings. The molecule has 2 nitrogen and oxygen atoms in total. The zero-order valence-corrected chi connectivity index (χ0v) is 7.29. The predicted octanol–water partition coefficient (Wildman–Crippen LogP) is 2.38. The van der Waals surface area contributed by atoms with Gasteiger partial charge in [-0.3, -0.25) is 0 Å². The number of halogens is 1. The molecule has 4 heteroatoms. The molecule has 0 aliphatic carbocycles. The van der Waals surface area contributed by atoms with Crippen molar-refractivity contribution in [2.75, 3.05) is 0 Å². The molecule has 0 aliphatic rings. The summed E-state index contributed by atoms with van der Waals surface area (Å²) in [5.41, 5.74) is 0.472. The molecule has 0 saturated heterocycles. The van der Waals surface area contributed by atoms with E-state index in [1.54, 1.807) is 12.1 Å². The van der Waals surface area contributed by atoms with Crippen molar-refractivity contribution < 1.29 is 0 Å². The minimum absolute atomic E-state index is 0.472. The van der Waals surface area contributed by atoms with Gasteiger partial charge in [-0.15, -0.1) is 0 Å². The van der Waals surface area contributed by atoms with Crippen LogP contribution in [-0.2, 0) is 0 Å². The summed E-state index contributed by atoms with van der Waals surface area (Å²) in [6.07, 6.45) is 0. The van der Waals surface area contributed by atoms with Crippen LogP contribution in [0.2, 0.25) is 0 Å². The van der Waals surface area contributed by atoms with E-state index in [-0.39, 0.29) is 0 Å². The van der Waals surface area contributed by atoms with Gasteiger partial charge in [-0.25, -0.2) is 0 Å². The summed E-state index contributed by atoms with van der Waals surface area (Å²) in [5, 5.41) is 8.44. The fourth-order valence-electron chi connectivity index (χ4n) is 0.570. The standard InChI is InChI=1S/C6H3BrN2S/c7-4-1-5(3-8)9-6(10)2-4/h1-2H,(H,9,10). The molecule has 1 N–H and O–H groups in total.